The van der Waals surface area contributed by atoms with Gasteiger partial charge in [-0.05, 0) is 36.5 Å². The molecule has 1 aromatic carbocycles. The van der Waals surface area contributed by atoms with Crippen molar-refractivity contribution in [3.05, 3.63) is 29.8 Å². The molecule has 13 heteroatoms. The zero-order chi connectivity index (χ0) is 22.3. The molecule has 0 spiro atoms. The number of hydrogen-bond donors (Lipinski definition) is 0. The molecule has 0 aliphatic heterocycles. The Morgan fingerprint density at radius 2 is 1.24 bits per heavy atom. The van der Waals surface area contributed by atoms with E-state index in [-0.39, 0.29) is 5.92 Å². The fourth-order valence-electron chi connectivity index (χ4n) is 2.93. The van der Waals surface area contributed by atoms with Crippen LogP contribution in [0, 0.1) is 0 Å². The second-order valence-corrected chi connectivity index (χ2v) is 8.19. The van der Waals surface area contributed by atoms with Crippen molar-refractivity contribution >= 4 is 10.1 Å². The summed E-state index contributed by atoms with van der Waals surface area (Å²) in [5.74, 6) is -15.5. The van der Waals surface area contributed by atoms with Crippen molar-refractivity contribution < 1.29 is 52.1 Å². The van der Waals surface area contributed by atoms with Crippen molar-refractivity contribution in [2.24, 2.45) is 0 Å². The van der Waals surface area contributed by atoms with E-state index in [0.29, 0.717) is 5.56 Å². The topological polar surface area (TPSA) is 43.4 Å². The number of halogens is 9. The highest BCUT2D eigenvalue weighted by atomic mass is 32.2. The largest absolute Gasteiger partial charge is 0.460 e. The second-order valence-electron chi connectivity index (χ2n) is 6.60. The second kappa shape index (κ2) is 7.55. The summed E-state index contributed by atoms with van der Waals surface area (Å²) in [5, 5.41) is -6.87. The Kier molecular flexibility index (Phi) is 6.15. The SMILES string of the molecule is O=S(=O)(Oc1ccc(C2CCCCC2)cc1)C(F)(F)C(F)(F)C(F)(F)C(F)(F)F. The van der Waals surface area contributed by atoms with Crippen LogP contribution in [0.2, 0.25) is 0 Å². The number of benzene rings is 1. The summed E-state index contributed by atoms with van der Waals surface area (Å²) in [6.07, 6.45) is -2.60. The minimum Gasteiger partial charge on any atom is -0.378 e. The van der Waals surface area contributed by atoms with Crippen LogP contribution in [0.1, 0.15) is 43.6 Å². The molecule has 0 unspecified atom stereocenters. The van der Waals surface area contributed by atoms with Gasteiger partial charge in [0.15, 0.2) is 0 Å². The highest BCUT2D eigenvalue weighted by Crippen LogP contribution is 2.55. The molecule has 0 heterocycles. The fourth-order valence-corrected chi connectivity index (χ4v) is 3.84. The Morgan fingerprint density at radius 3 is 1.69 bits per heavy atom. The summed E-state index contributed by atoms with van der Waals surface area (Å²) in [7, 11) is -6.92. The van der Waals surface area contributed by atoms with Crippen molar-refractivity contribution in [1.82, 2.24) is 0 Å². The van der Waals surface area contributed by atoms with Gasteiger partial charge in [0.25, 0.3) is 0 Å². The van der Waals surface area contributed by atoms with E-state index in [9.17, 15) is 47.9 Å². The molecule has 3 nitrogen and oxygen atoms in total. The van der Waals surface area contributed by atoms with Crippen LogP contribution < -0.4 is 4.18 Å². The van der Waals surface area contributed by atoms with Gasteiger partial charge in [-0.3, -0.25) is 0 Å². The van der Waals surface area contributed by atoms with Crippen LogP contribution in [0.15, 0.2) is 24.3 Å². The average molecular weight is 458 g/mol. The third kappa shape index (κ3) is 4.15. The van der Waals surface area contributed by atoms with E-state index in [1.807, 2.05) is 0 Å². The lowest BCUT2D eigenvalue weighted by molar-refractivity contribution is -0.382. The Balaban J connectivity index is 2.27. The summed E-state index contributed by atoms with van der Waals surface area (Å²) >= 11 is 0. The molecule has 166 valence electrons. The third-order valence-electron chi connectivity index (χ3n) is 4.59. The van der Waals surface area contributed by atoms with Gasteiger partial charge in [0.1, 0.15) is 5.75 Å². The Hall–Kier alpha value is -1.66. The van der Waals surface area contributed by atoms with E-state index in [2.05, 4.69) is 4.18 Å². The molecule has 1 aliphatic rings. The van der Waals surface area contributed by atoms with Crippen molar-refractivity contribution in [3.8, 4) is 5.75 Å². The van der Waals surface area contributed by atoms with Gasteiger partial charge in [-0.1, -0.05) is 31.4 Å². The van der Waals surface area contributed by atoms with Crippen LogP contribution in [-0.2, 0) is 10.1 Å². The third-order valence-corrected chi connectivity index (χ3v) is 5.89. The van der Waals surface area contributed by atoms with Gasteiger partial charge in [-0.15, -0.1) is 0 Å². The standard InChI is InChI=1S/C16H15F9O3S/c17-13(18,15(21,22)23)14(19,20)16(24,25)29(26,27)28-12-8-6-11(7-9-12)10-4-2-1-3-5-10/h6-10H,1-5H2. The van der Waals surface area contributed by atoms with Gasteiger partial charge in [0.05, 0.1) is 0 Å². The molecule has 0 amide bonds. The number of alkyl halides is 9. The lowest BCUT2D eigenvalue weighted by Gasteiger charge is -2.32. The fraction of sp³-hybridized carbons (Fsp3) is 0.625. The Morgan fingerprint density at radius 1 is 0.759 bits per heavy atom. The lowest BCUT2D eigenvalue weighted by Crippen LogP contribution is -2.63. The monoisotopic (exact) mass is 458 g/mol. The molecule has 2 rings (SSSR count). The molecule has 0 bridgehead atoms. The molecule has 0 saturated heterocycles. The molecular formula is C16H15F9O3S. The highest BCUT2D eigenvalue weighted by molar-refractivity contribution is 7.88. The zero-order valence-corrected chi connectivity index (χ0v) is 15.3. The smallest absolute Gasteiger partial charge is 0.378 e. The van der Waals surface area contributed by atoms with Gasteiger partial charge in [-0.25, -0.2) is 0 Å². The van der Waals surface area contributed by atoms with E-state index < -0.39 is 39.1 Å². The van der Waals surface area contributed by atoms with E-state index >= 15 is 0 Å². The van der Waals surface area contributed by atoms with Crippen molar-refractivity contribution in [2.45, 2.75) is 61.3 Å². The van der Waals surface area contributed by atoms with Crippen LogP contribution in [0.4, 0.5) is 39.5 Å². The Labute approximate surface area is 160 Å². The van der Waals surface area contributed by atoms with Gasteiger partial charge in [0, 0.05) is 0 Å². The van der Waals surface area contributed by atoms with E-state index in [0.717, 1.165) is 44.2 Å². The van der Waals surface area contributed by atoms with E-state index in [1.165, 1.54) is 12.1 Å². The number of rotatable bonds is 6. The summed E-state index contributed by atoms with van der Waals surface area (Å²) in [6, 6.07) is 4.22. The van der Waals surface area contributed by atoms with Crippen LogP contribution in [-0.4, -0.2) is 31.7 Å². The van der Waals surface area contributed by atoms with Crippen LogP contribution in [0.3, 0.4) is 0 Å². The molecular weight excluding hydrogens is 443 g/mol. The van der Waals surface area contributed by atoms with Crippen molar-refractivity contribution in [3.63, 3.8) is 0 Å². The first kappa shape index (κ1) is 23.6. The molecule has 1 aromatic rings. The highest BCUT2D eigenvalue weighted by Gasteiger charge is 2.86. The Bertz CT molecular complexity index is 811. The summed E-state index contributed by atoms with van der Waals surface area (Å²) in [4.78, 5) is 0. The molecule has 1 fully saturated rings. The molecule has 0 aromatic heterocycles. The molecule has 0 atom stereocenters. The first-order valence-electron chi connectivity index (χ1n) is 8.29. The minimum absolute atomic E-state index is 0.102. The van der Waals surface area contributed by atoms with Gasteiger partial charge in [-0.2, -0.15) is 47.9 Å². The van der Waals surface area contributed by atoms with Gasteiger partial charge >= 0.3 is 33.4 Å². The van der Waals surface area contributed by atoms with Crippen molar-refractivity contribution in [1.29, 1.82) is 0 Å². The van der Waals surface area contributed by atoms with Crippen LogP contribution >= 0.6 is 0 Å². The first-order chi connectivity index (χ1) is 13.0. The van der Waals surface area contributed by atoms with Crippen LogP contribution in [0.25, 0.3) is 0 Å². The first-order valence-corrected chi connectivity index (χ1v) is 9.69. The van der Waals surface area contributed by atoms with E-state index in [1.54, 1.807) is 0 Å². The molecule has 1 saturated carbocycles. The molecule has 0 N–H and O–H groups in total. The maximum Gasteiger partial charge on any atom is 0.460 e. The quantitative estimate of drug-likeness (QED) is 0.396. The average Bonchev–Trinajstić information content (AvgIpc) is 2.61. The summed E-state index contributed by atoms with van der Waals surface area (Å²) < 4.78 is 143. The predicted octanol–water partition coefficient (Wildman–Crippen LogP) is 5.87. The maximum atomic E-state index is 13.6. The molecule has 1 aliphatic carbocycles. The molecule has 29 heavy (non-hydrogen) atoms. The summed E-state index contributed by atoms with van der Waals surface area (Å²) in [6.45, 7) is 0. The summed E-state index contributed by atoms with van der Waals surface area (Å²) in [5.41, 5.74) is 0.690. The zero-order valence-electron chi connectivity index (χ0n) is 14.5. The minimum atomic E-state index is -7.33. The van der Waals surface area contributed by atoms with Crippen LogP contribution in [0.5, 0.6) is 5.75 Å². The van der Waals surface area contributed by atoms with E-state index in [4.69, 9.17) is 0 Å². The van der Waals surface area contributed by atoms with Gasteiger partial charge in [0.2, 0.25) is 0 Å². The normalized spacial score (nSPS) is 18.0. The maximum absolute atomic E-state index is 13.6. The lowest BCUT2D eigenvalue weighted by atomic mass is 9.84. The van der Waals surface area contributed by atoms with Crippen molar-refractivity contribution in [2.75, 3.05) is 0 Å². The van der Waals surface area contributed by atoms with Gasteiger partial charge < -0.3 is 4.18 Å². The predicted molar refractivity (Wildman–Crippen MR) is 82.7 cm³/mol. The number of hydrogen-bond acceptors (Lipinski definition) is 3. The molecule has 0 radical (unpaired) electrons.